The molecule has 1 atom stereocenters. The molecule has 0 unspecified atom stereocenters. The molecule has 0 bridgehead atoms. The van der Waals surface area contributed by atoms with E-state index in [1.807, 2.05) is 4.90 Å². The highest BCUT2D eigenvalue weighted by Gasteiger charge is 2.31. The molecule has 7 heteroatoms. The number of rotatable bonds is 4. The van der Waals surface area contributed by atoms with E-state index in [0.29, 0.717) is 24.3 Å². The van der Waals surface area contributed by atoms with E-state index in [0.717, 1.165) is 18.5 Å². The number of hydrogen-bond acceptors (Lipinski definition) is 5. The minimum atomic E-state index is -0.114. The highest BCUT2D eigenvalue weighted by atomic mass is 16.2. The first-order chi connectivity index (χ1) is 11.6. The van der Waals surface area contributed by atoms with Crippen LogP contribution in [0.1, 0.15) is 47.6 Å². The molecule has 0 spiro atoms. The minimum absolute atomic E-state index is 0.0420. The summed E-state index contributed by atoms with van der Waals surface area (Å²) in [6.45, 7) is 2.48. The summed E-state index contributed by atoms with van der Waals surface area (Å²) in [6.07, 6.45) is 8.32. The maximum atomic E-state index is 12.7. The zero-order chi connectivity index (χ0) is 16.9. The molecule has 7 nitrogen and oxygen atoms in total. The number of hydrogen-bond donors (Lipinski definition) is 1. The topological polar surface area (TPSA) is 88.1 Å². The van der Waals surface area contributed by atoms with E-state index in [1.54, 1.807) is 36.9 Å². The van der Waals surface area contributed by atoms with E-state index in [2.05, 4.69) is 20.3 Å². The predicted octanol–water partition coefficient (Wildman–Crippen LogP) is 1.48. The summed E-state index contributed by atoms with van der Waals surface area (Å²) in [5.41, 5.74) is 2.02. The Morgan fingerprint density at radius 2 is 2.17 bits per heavy atom. The number of pyridine rings is 1. The molecule has 1 aliphatic rings. The fourth-order valence-electron chi connectivity index (χ4n) is 2.86. The predicted molar refractivity (Wildman–Crippen MR) is 86.8 cm³/mol. The van der Waals surface area contributed by atoms with Crippen LogP contribution >= 0.6 is 0 Å². The molecule has 0 aliphatic carbocycles. The number of carbonyl (C=O) groups is 2. The van der Waals surface area contributed by atoms with Crippen LogP contribution in [-0.4, -0.2) is 38.2 Å². The van der Waals surface area contributed by atoms with Crippen LogP contribution in [0.25, 0.3) is 0 Å². The average Bonchev–Trinajstić information content (AvgIpc) is 3.10. The van der Waals surface area contributed by atoms with Crippen LogP contribution in [0, 0.1) is 0 Å². The number of aromatic nitrogens is 3. The van der Waals surface area contributed by atoms with Crippen LogP contribution in [0.4, 0.5) is 0 Å². The summed E-state index contributed by atoms with van der Waals surface area (Å²) >= 11 is 0. The third kappa shape index (κ3) is 3.56. The van der Waals surface area contributed by atoms with E-state index < -0.39 is 0 Å². The summed E-state index contributed by atoms with van der Waals surface area (Å²) in [7, 11) is 0. The summed E-state index contributed by atoms with van der Waals surface area (Å²) in [4.78, 5) is 38.4. The molecule has 1 saturated heterocycles. The number of nitrogens with zero attached hydrogens (tertiary/aromatic N) is 4. The quantitative estimate of drug-likeness (QED) is 0.920. The summed E-state index contributed by atoms with van der Waals surface area (Å²) in [5, 5.41) is 2.71. The molecule has 2 aromatic rings. The van der Waals surface area contributed by atoms with Crippen molar-refractivity contribution in [2.75, 3.05) is 6.54 Å². The zero-order valence-corrected chi connectivity index (χ0v) is 13.5. The van der Waals surface area contributed by atoms with E-state index in [-0.39, 0.29) is 17.9 Å². The van der Waals surface area contributed by atoms with E-state index in [9.17, 15) is 9.59 Å². The first-order valence-corrected chi connectivity index (χ1v) is 7.91. The number of carbonyl (C=O) groups excluding carboxylic acids is 2. The van der Waals surface area contributed by atoms with Gasteiger partial charge in [-0.3, -0.25) is 24.5 Å². The molecule has 0 aromatic carbocycles. The molecule has 3 rings (SSSR count). The van der Waals surface area contributed by atoms with Gasteiger partial charge >= 0.3 is 0 Å². The summed E-state index contributed by atoms with van der Waals surface area (Å²) < 4.78 is 0. The van der Waals surface area contributed by atoms with Gasteiger partial charge in [-0.05, 0) is 25.0 Å². The lowest BCUT2D eigenvalue weighted by Gasteiger charge is -2.24. The van der Waals surface area contributed by atoms with Gasteiger partial charge in [0, 0.05) is 25.9 Å². The molecule has 2 amide bonds. The minimum Gasteiger partial charge on any atom is -0.351 e. The van der Waals surface area contributed by atoms with Crippen LogP contribution < -0.4 is 5.32 Å². The van der Waals surface area contributed by atoms with Gasteiger partial charge in [0.2, 0.25) is 5.91 Å². The van der Waals surface area contributed by atoms with Crippen LogP contribution in [-0.2, 0) is 11.3 Å². The smallest absolute Gasteiger partial charge is 0.255 e. The van der Waals surface area contributed by atoms with Crippen LogP contribution in [0.3, 0.4) is 0 Å². The van der Waals surface area contributed by atoms with Gasteiger partial charge in [-0.2, -0.15) is 0 Å². The molecule has 0 saturated carbocycles. The highest BCUT2D eigenvalue weighted by molar-refractivity contribution is 5.94. The molecule has 3 heterocycles. The van der Waals surface area contributed by atoms with Crippen molar-refractivity contribution in [3.8, 4) is 0 Å². The average molecular weight is 325 g/mol. The van der Waals surface area contributed by atoms with Crippen molar-refractivity contribution in [1.82, 2.24) is 25.2 Å². The Hall–Kier alpha value is -2.83. The third-order valence-electron chi connectivity index (χ3n) is 3.99. The second-order valence-corrected chi connectivity index (χ2v) is 5.74. The van der Waals surface area contributed by atoms with Crippen LogP contribution in [0.2, 0.25) is 0 Å². The normalized spacial score (nSPS) is 16.9. The number of amides is 2. The standard InChI is InChI=1S/C17H19N5O2/c1-12(23)20-10-14-9-19-11-15(21-14)16-5-3-7-22(16)17(24)13-4-2-6-18-8-13/h2,4,6,8-9,11,16H,3,5,7,10H2,1H3,(H,20,23)/t16-/m1/s1. The van der Waals surface area contributed by atoms with Gasteiger partial charge < -0.3 is 10.2 Å². The molecule has 1 N–H and O–H groups in total. The Bertz CT molecular complexity index is 735. The second-order valence-electron chi connectivity index (χ2n) is 5.74. The van der Waals surface area contributed by atoms with Crippen molar-refractivity contribution in [1.29, 1.82) is 0 Å². The van der Waals surface area contributed by atoms with Crippen molar-refractivity contribution in [3.05, 3.63) is 53.9 Å². The summed E-state index contributed by atoms with van der Waals surface area (Å²) in [5.74, 6) is -0.156. The highest BCUT2D eigenvalue weighted by Crippen LogP contribution is 2.31. The zero-order valence-electron chi connectivity index (χ0n) is 13.5. The SMILES string of the molecule is CC(=O)NCc1cncc([C@H]2CCCN2C(=O)c2cccnc2)n1. The fraction of sp³-hybridized carbons (Fsp3) is 0.353. The lowest BCUT2D eigenvalue weighted by molar-refractivity contribution is -0.119. The Labute approximate surface area is 140 Å². The maximum Gasteiger partial charge on any atom is 0.255 e. The Kier molecular flexibility index (Phi) is 4.79. The molecular formula is C17H19N5O2. The maximum absolute atomic E-state index is 12.7. The van der Waals surface area contributed by atoms with Crippen molar-refractivity contribution in [2.45, 2.75) is 32.4 Å². The second kappa shape index (κ2) is 7.16. The monoisotopic (exact) mass is 325 g/mol. The van der Waals surface area contributed by atoms with Crippen LogP contribution in [0.15, 0.2) is 36.9 Å². The van der Waals surface area contributed by atoms with Gasteiger partial charge in [-0.25, -0.2) is 0 Å². The van der Waals surface area contributed by atoms with E-state index in [4.69, 9.17) is 0 Å². The molecule has 2 aromatic heterocycles. The molecule has 0 radical (unpaired) electrons. The van der Waals surface area contributed by atoms with Gasteiger partial charge in [0.05, 0.1) is 41.9 Å². The first kappa shape index (κ1) is 16.0. The largest absolute Gasteiger partial charge is 0.351 e. The summed E-state index contributed by atoms with van der Waals surface area (Å²) in [6, 6.07) is 3.43. The van der Waals surface area contributed by atoms with Gasteiger partial charge in [0.1, 0.15) is 0 Å². The van der Waals surface area contributed by atoms with Gasteiger partial charge in [0.25, 0.3) is 5.91 Å². The molecule has 1 fully saturated rings. The molecular weight excluding hydrogens is 306 g/mol. The molecule has 24 heavy (non-hydrogen) atoms. The first-order valence-electron chi connectivity index (χ1n) is 7.91. The third-order valence-corrected chi connectivity index (χ3v) is 3.99. The van der Waals surface area contributed by atoms with Crippen molar-refractivity contribution >= 4 is 11.8 Å². The Morgan fingerprint density at radius 1 is 1.29 bits per heavy atom. The molecule has 124 valence electrons. The lowest BCUT2D eigenvalue weighted by atomic mass is 10.1. The lowest BCUT2D eigenvalue weighted by Crippen LogP contribution is -2.31. The van der Waals surface area contributed by atoms with Crippen molar-refractivity contribution in [3.63, 3.8) is 0 Å². The van der Waals surface area contributed by atoms with E-state index >= 15 is 0 Å². The number of likely N-dealkylation sites (tertiary alicyclic amines) is 1. The van der Waals surface area contributed by atoms with Crippen LogP contribution in [0.5, 0.6) is 0 Å². The number of nitrogens with one attached hydrogen (secondary N) is 1. The Balaban J connectivity index is 1.79. The Morgan fingerprint density at radius 3 is 2.92 bits per heavy atom. The van der Waals surface area contributed by atoms with E-state index in [1.165, 1.54) is 6.92 Å². The molecule has 1 aliphatic heterocycles. The van der Waals surface area contributed by atoms with Gasteiger partial charge in [-0.1, -0.05) is 0 Å². The van der Waals surface area contributed by atoms with Gasteiger partial charge in [-0.15, -0.1) is 0 Å². The van der Waals surface area contributed by atoms with Gasteiger partial charge in [0.15, 0.2) is 0 Å². The van der Waals surface area contributed by atoms with Crippen molar-refractivity contribution in [2.24, 2.45) is 0 Å². The fourth-order valence-corrected chi connectivity index (χ4v) is 2.86. The van der Waals surface area contributed by atoms with Crippen molar-refractivity contribution < 1.29 is 9.59 Å².